The standard InChI is InChI=1S/C14H11N5O/c20-14(13-9-15-6-7-17-13)19-18-11-3-4-12-10(8-11)2-1-5-16-12/h1-9,18H,(H,19,20). The Morgan fingerprint density at radius 2 is 2.00 bits per heavy atom. The van der Waals surface area contributed by atoms with Crippen molar-refractivity contribution in [2.24, 2.45) is 0 Å². The highest BCUT2D eigenvalue weighted by molar-refractivity contribution is 5.93. The first kappa shape index (κ1) is 12.0. The van der Waals surface area contributed by atoms with Gasteiger partial charge in [0.25, 0.3) is 5.91 Å². The molecular weight excluding hydrogens is 254 g/mol. The van der Waals surface area contributed by atoms with Crippen LogP contribution >= 0.6 is 0 Å². The highest BCUT2D eigenvalue weighted by atomic mass is 16.2. The fourth-order valence-electron chi connectivity index (χ4n) is 1.76. The van der Waals surface area contributed by atoms with E-state index in [2.05, 4.69) is 25.8 Å². The number of hydrogen-bond donors (Lipinski definition) is 2. The van der Waals surface area contributed by atoms with Crippen molar-refractivity contribution in [1.29, 1.82) is 0 Å². The van der Waals surface area contributed by atoms with E-state index in [1.165, 1.54) is 18.6 Å². The van der Waals surface area contributed by atoms with E-state index in [1.54, 1.807) is 6.20 Å². The maximum absolute atomic E-state index is 11.8. The molecule has 0 bridgehead atoms. The first-order valence-corrected chi connectivity index (χ1v) is 6.00. The lowest BCUT2D eigenvalue weighted by molar-refractivity contribution is 0.0957. The van der Waals surface area contributed by atoms with Crippen LogP contribution in [0.4, 0.5) is 5.69 Å². The normalized spacial score (nSPS) is 10.2. The predicted octanol–water partition coefficient (Wildman–Crippen LogP) is 1.78. The minimum Gasteiger partial charge on any atom is -0.298 e. The first-order chi connectivity index (χ1) is 9.83. The molecule has 6 heteroatoms. The number of benzene rings is 1. The Hall–Kier alpha value is -3.02. The number of fused-ring (bicyclic) bond motifs is 1. The number of hydrazine groups is 1. The molecule has 0 spiro atoms. The van der Waals surface area contributed by atoms with Crippen LogP contribution < -0.4 is 10.9 Å². The van der Waals surface area contributed by atoms with Crippen molar-refractivity contribution in [3.63, 3.8) is 0 Å². The molecule has 0 saturated heterocycles. The predicted molar refractivity (Wildman–Crippen MR) is 74.9 cm³/mol. The van der Waals surface area contributed by atoms with E-state index < -0.39 is 0 Å². The van der Waals surface area contributed by atoms with Crippen molar-refractivity contribution < 1.29 is 4.79 Å². The summed E-state index contributed by atoms with van der Waals surface area (Å²) in [7, 11) is 0. The number of nitrogens with one attached hydrogen (secondary N) is 2. The second kappa shape index (κ2) is 5.31. The SMILES string of the molecule is O=C(NNc1ccc2ncccc2c1)c1cnccn1. The third kappa shape index (κ3) is 2.54. The van der Waals surface area contributed by atoms with Gasteiger partial charge in [0.2, 0.25) is 0 Å². The molecule has 1 aromatic carbocycles. The maximum Gasteiger partial charge on any atom is 0.289 e. The second-order valence-corrected chi connectivity index (χ2v) is 4.08. The molecule has 0 aliphatic heterocycles. The minimum atomic E-state index is -0.343. The van der Waals surface area contributed by atoms with E-state index in [-0.39, 0.29) is 11.6 Å². The van der Waals surface area contributed by atoms with Crippen LogP contribution in [0.3, 0.4) is 0 Å². The molecular formula is C14H11N5O. The summed E-state index contributed by atoms with van der Waals surface area (Å²) in [6, 6.07) is 9.44. The van der Waals surface area contributed by atoms with Crippen molar-refractivity contribution in [1.82, 2.24) is 20.4 Å². The van der Waals surface area contributed by atoms with E-state index in [9.17, 15) is 4.79 Å². The van der Waals surface area contributed by atoms with Gasteiger partial charge in [0.1, 0.15) is 5.69 Å². The van der Waals surface area contributed by atoms with Gasteiger partial charge in [-0.3, -0.25) is 25.6 Å². The lowest BCUT2D eigenvalue weighted by Crippen LogP contribution is -2.30. The lowest BCUT2D eigenvalue weighted by atomic mass is 10.2. The van der Waals surface area contributed by atoms with Crippen LogP contribution in [0.5, 0.6) is 0 Å². The summed E-state index contributed by atoms with van der Waals surface area (Å²) < 4.78 is 0. The Morgan fingerprint density at radius 1 is 1.05 bits per heavy atom. The summed E-state index contributed by atoms with van der Waals surface area (Å²) >= 11 is 0. The number of amides is 1. The number of carbonyl (C=O) groups excluding carboxylic acids is 1. The van der Waals surface area contributed by atoms with Gasteiger partial charge in [-0.1, -0.05) is 6.07 Å². The van der Waals surface area contributed by atoms with Crippen molar-refractivity contribution in [3.05, 3.63) is 60.8 Å². The molecule has 98 valence electrons. The van der Waals surface area contributed by atoms with E-state index in [1.807, 2.05) is 30.3 Å². The quantitative estimate of drug-likeness (QED) is 0.706. The van der Waals surface area contributed by atoms with E-state index in [0.717, 1.165) is 16.6 Å². The van der Waals surface area contributed by atoms with Gasteiger partial charge in [-0.05, 0) is 24.3 Å². The maximum atomic E-state index is 11.8. The zero-order valence-electron chi connectivity index (χ0n) is 10.4. The summed E-state index contributed by atoms with van der Waals surface area (Å²) in [6.45, 7) is 0. The number of carbonyl (C=O) groups is 1. The Morgan fingerprint density at radius 3 is 2.85 bits per heavy atom. The lowest BCUT2D eigenvalue weighted by Gasteiger charge is -2.08. The van der Waals surface area contributed by atoms with Crippen LogP contribution in [0.2, 0.25) is 0 Å². The molecule has 0 radical (unpaired) electrons. The summed E-state index contributed by atoms with van der Waals surface area (Å²) in [6.07, 6.45) is 6.13. The number of hydrogen-bond acceptors (Lipinski definition) is 5. The molecule has 3 aromatic rings. The molecule has 2 heterocycles. The number of pyridine rings is 1. The molecule has 0 aliphatic carbocycles. The fraction of sp³-hybridized carbons (Fsp3) is 0. The highest BCUT2D eigenvalue weighted by Crippen LogP contribution is 2.16. The largest absolute Gasteiger partial charge is 0.298 e. The zero-order chi connectivity index (χ0) is 13.8. The molecule has 20 heavy (non-hydrogen) atoms. The molecule has 6 nitrogen and oxygen atoms in total. The van der Waals surface area contributed by atoms with Crippen LogP contribution in [0.15, 0.2) is 55.1 Å². The molecule has 2 aromatic heterocycles. The van der Waals surface area contributed by atoms with E-state index in [0.29, 0.717) is 0 Å². The smallest absolute Gasteiger partial charge is 0.289 e. The van der Waals surface area contributed by atoms with Crippen molar-refractivity contribution in [2.75, 3.05) is 5.43 Å². The summed E-state index contributed by atoms with van der Waals surface area (Å²) in [4.78, 5) is 23.8. The number of nitrogens with zero attached hydrogens (tertiary/aromatic N) is 3. The van der Waals surface area contributed by atoms with E-state index in [4.69, 9.17) is 0 Å². The van der Waals surface area contributed by atoms with Crippen molar-refractivity contribution in [3.8, 4) is 0 Å². The average Bonchev–Trinajstić information content (AvgIpc) is 2.53. The number of aromatic nitrogens is 3. The molecule has 3 rings (SSSR count). The molecule has 2 N–H and O–H groups in total. The summed E-state index contributed by atoms with van der Waals surface area (Å²) in [5.74, 6) is -0.343. The zero-order valence-corrected chi connectivity index (χ0v) is 10.4. The molecule has 0 fully saturated rings. The second-order valence-electron chi connectivity index (χ2n) is 4.08. The topological polar surface area (TPSA) is 79.8 Å². The van der Waals surface area contributed by atoms with Gasteiger partial charge in [0.15, 0.2) is 0 Å². The van der Waals surface area contributed by atoms with E-state index >= 15 is 0 Å². The molecule has 1 amide bonds. The monoisotopic (exact) mass is 265 g/mol. The molecule has 0 unspecified atom stereocenters. The Bertz CT molecular complexity index is 745. The van der Waals surface area contributed by atoms with Gasteiger partial charge in [-0.2, -0.15) is 0 Å². The van der Waals surface area contributed by atoms with Crippen LogP contribution in [0.25, 0.3) is 10.9 Å². The van der Waals surface area contributed by atoms with Gasteiger partial charge in [0.05, 0.1) is 17.4 Å². The van der Waals surface area contributed by atoms with Crippen LogP contribution in [0.1, 0.15) is 10.5 Å². The van der Waals surface area contributed by atoms with Gasteiger partial charge < -0.3 is 0 Å². The summed E-state index contributed by atoms with van der Waals surface area (Å²) in [5.41, 5.74) is 7.33. The first-order valence-electron chi connectivity index (χ1n) is 6.00. The van der Waals surface area contributed by atoms with Crippen LogP contribution in [-0.2, 0) is 0 Å². The van der Waals surface area contributed by atoms with Gasteiger partial charge in [0, 0.05) is 24.0 Å². The van der Waals surface area contributed by atoms with Gasteiger partial charge in [-0.15, -0.1) is 0 Å². The van der Waals surface area contributed by atoms with Crippen molar-refractivity contribution in [2.45, 2.75) is 0 Å². The van der Waals surface area contributed by atoms with Gasteiger partial charge >= 0.3 is 0 Å². The fourth-order valence-corrected chi connectivity index (χ4v) is 1.76. The third-order valence-corrected chi connectivity index (χ3v) is 2.72. The average molecular weight is 265 g/mol. The molecule has 0 saturated carbocycles. The summed E-state index contributed by atoms with van der Waals surface area (Å²) in [5, 5.41) is 0.992. The minimum absolute atomic E-state index is 0.252. The number of rotatable bonds is 3. The Balaban J connectivity index is 1.72. The third-order valence-electron chi connectivity index (χ3n) is 2.72. The van der Waals surface area contributed by atoms with Crippen LogP contribution in [0, 0.1) is 0 Å². The Labute approximate surface area is 114 Å². The van der Waals surface area contributed by atoms with Crippen molar-refractivity contribution >= 4 is 22.5 Å². The number of anilines is 1. The highest BCUT2D eigenvalue weighted by Gasteiger charge is 2.05. The van der Waals surface area contributed by atoms with Crippen LogP contribution in [-0.4, -0.2) is 20.9 Å². The Kier molecular flexibility index (Phi) is 3.20. The molecule has 0 aliphatic rings. The van der Waals surface area contributed by atoms with Gasteiger partial charge in [-0.25, -0.2) is 4.98 Å². The molecule has 0 atom stereocenters.